The van der Waals surface area contributed by atoms with Gasteiger partial charge in [0.2, 0.25) is 11.9 Å². The van der Waals surface area contributed by atoms with Gasteiger partial charge in [-0.2, -0.15) is 4.98 Å². The number of amides is 3. The maximum atomic E-state index is 15.5. The second-order valence-corrected chi connectivity index (χ2v) is 9.93. The molecule has 1 aliphatic heterocycles. The number of urea groups is 1. The minimum Gasteiger partial charge on any atom is -0.401 e. The number of aliphatic imine (C=N–C) groups is 1. The molecule has 0 aliphatic carbocycles. The van der Waals surface area contributed by atoms with E-state index in [1.165, 1.54) is 35.4 Å². The summed E-state index contributed by atoms with van der Waals surface area (Å²) in [5.74, 6) is -0.689. The summed E-state index contributed by atoms with van der Waals surface area (Å²) in [6.45, 7) is 2.78. The number of hydrogen-bond acceptors (Lipinski definition) is 8. The lowest BCUT2D eigenvalue weighted by Crippen LogP contribution is -2.45. The lowest BCUT2D eigenvalue weighted by atomic mass is 10.1. The standard InChI is InChI=1S/C30H34FN9O2/c1-20(32)25(17-33-2)36-29-34-16-22-19-39(18-21-9-6-5-7-10-21)30(42)40(28(22)37-29)26-15-23(12-13-24(26)31)35-27(41)11-8-14-38(3)4/h5-13,15-17H,14,18-19,32H2,1-4H3,(H,35,41)(H,34,36,37)/b11-8+,25-20+,33-17?. The second-order valence-electron chi connectivity index (χ2n) is 9.93. The first-order valence-corrected chi connectivity index (χ1v) is 13.2. The Labute approximate surface area is 244 Å². The monoisotopic (exact) mass is 571 g/mol. The van der Waals surface area contributed by atoms with E-state index in [4.69, 9.17) is 5.73 Å². The van der Waals surface area contributed by atoms with Gasteiger partial charge in [0.15, 0.2) is 5.82 Å². The molecule has 2 heterocycles. The van der Waals surface area contributed by atoms with Crippen molar-refractivity contribution in [1.82, 2.24) is 19.8 Å². The summed E-state index contributed by atoms with van der Waals surface area (Å²) in [6.07, 6.45) is 6.24. The number of halogens is 1. The Morgan fingerprint density at radius 3 is 2.64 bits per heavy atom. The fourth-order valence-corrected chi connectivity index (χ4v) is 4.21. The number of nitrogens with two attached hydrogens (primary N) is 1. The first kappa shape index (κ1) is 29.9. The molecule has 12 heteroatoms. The first-order valence-electron chi connectivity index (χ1n) is 13.2. The third kappa shape index (κ3) is 7.34. The topological polar surface area (TPSA) is 132 Å². The molecule has 0 saturated carbocycles. The summed E-state index contributed by atoms with van der Waals surface area (Å²) in [5, 5.41) is 5.75. The quantitative estimate of drug-likeness (QED) is 0.245. The molecule has 0 bridgehead atoms. The van der Waals surface area contributed by atoms with Gasteiger partial charge in [-0.3, -0.25) is 9.79 Å². The minimum atomic E-state index is -0.665. The Morgan fingerprint density at radius 1 is 1.19 bits per heavy atom. The van der Waals surface area contributed by atoms with Crippen LogP contribution in [-0.4, -0.2) is 65.6 Å². The van der Waals surface area contributed by atoms with Crippen molar-refractivity contribution in [3.63, 3.8) is 0 Å². The molecule has 0 unspecified atom stereocenters. The van der Waals surface area contributed by atoms with Crippen LogP contribution in [0.3, 0.4) is 0 Å². The van der Waals surface area contributed by atoms with Crippen molar-refractivity contribution in [3.8, 4) is 0 Å². The van der Waals surface area contributed by atoms with Gasteiger partial charge in [-0.15, -0.1) is 0 Å². The molecule has 0 radical (unpaired) electrons. The highest BCUT2D eigenvalue weighted by atomic mass is 19.1. The van der Waals surface area contributed by atoms with E-state index in [0.717, 1.165) is 5.56 Å². The Morgan fingerprint density at radius 2 is 1.95 bits per heavy atom. The number of nitrogens with one attached hydrogen (secondary N) is 2. The Balaban J connectivity index is 1.75. The highest BCUT2D eigenvalue weighted by Gasteiger charge is 2.35. The third-order valence-electron chi connectivity index (χ3n) is 6.22. The predicted octanol–water partition coefficient (Wildman–Crippen LogP) is 4.25. The van der Waals surface area contributed by atoms with E-state index in [0.29, 0.717) is 29.2 Å². The van der Waals surface area contributed by atoms with Crippen molar-refractivity contribution in [2.24, 2.45) is 10.7 Å². The molecule has 1 aromatic heterocycles. The Hall–Kier alpha value is -5.10. The van der Waals surface area contributed by atoms with Crippen molar-refractivity contribution in [1.29, 1.82) is 0 Å². The van der Waals surface area contributed by atoms with Gasteiger partial charge >= 0.3 is 6.03 Å². The number of aromatic nitrogens is 2. The molecule has 42 heavy (non-hydrogen) atoms. The van der Waals surface area contributed by atoms with Gasteiger partial charge in [0.05, 0.1) is 17.9 Å². The largest absolute Gasteiger partial charge is 0.401 e. The number of carbonyl (C=O) groups excluding carboxylic acids is 2. The van der Waals surface area contributed by atoms with Crippen LogP contribution in [0.1, 0.15) is 18.1 Å². The smallest absolute Gasteiger partial charge is 0.331 e. The number of benzene rings is 2. The van der Waals surface area contributed by atoms with E-state index in [2.05, 4.69) is 25.6 Å². The lowest BCUT2D eigenvalue weighted by molar-refractivity contribution is -0.111. The number of fused-ring (bicyclic) bond motifs is 1. The van der Waals surface area contributed by atoms with Crippen LogP contribution in [0, 0.1) is 5.82 Å². The van der Waals surface area contributed by atoms with Crippen LogP contribution in [0.15, 0.2) is 83.3 Å². The van der Waals surface area contributed by atoms with Crippen LogP contribution in [0.2, 0.25) is 0 Å². The van der Waals surface area contributed by atoms with Crippen molar-refractivity contribution in [2.45, 2.75) is 20.0 Å². The van der Waals surface area contributed by atoms with E-state index >= 15 is 4.39 Å². The van der Waals surface area contributed by atoms with Crippen LogP contribution in [-0.2, 0) is 17.9 Å². The van der Waals surface area contributed by atoms with Gasteiger partial charge in [-0.05, 0) is 44.8 Å². The molecule has 2 aromatic carbocycles. The van der Waals surface area contributed by atoms with E-state index in [9.17, 15) is 9.59 Å². The maximum Gasteiger partial charge on any atom is 0.331 e. The van der Waals surface area contributed by atoms with Crippen LogP contribution in [0.5, 0.6) is 0 Å². The normalized spacial score (nSPS) is 14.0. The number of hydrogen-bond donors (Lipinski definition) is 3. The molecule has 0 spiro atoms. The second kappa shape index (κ2) is 13.5. The number of anilines is 4. The zero-order valence-electron chi connectivity index (χ0n) is 24.0. The first-order chi connectivity index (χ1) is 20.2. The zero-order valence-corrected chi connectivity index (χ0v) is 24.0. The van der Waals surface area contributed by atoms with E-state index in [1.807, 2.05) is 49.3 Å². The van der Waals surface area contributed by atoms with E-state index in [1.54, 1.807) is 31.1 Å². The number of allylic oxidation sites excluding steroid dienone is 2. The molecular weight excluding hydrogens is 537 g/mol. The molecule has 3 amide bonds. The molecular formula is C30H34FN9O2. The van der Waals surface area contributed by atoms with Gasteiger partial charge < -0.3 is 26.2 Å². The van der Waals surface area contributed by atoms with Crippen LogP contribution < -0.4 is 21.3 Å². The molecule has 4 N–H and O–H groups in total. The Bertz CT molecular complexity index is 1530. The van der Waals surface area contributed by atoms with Gasteiger partial charge in [0.1, 0.15) is 5.82 Å². The molecule has 218 valence electrons. The summed E-state index contributed by atoms with van der Waals surface area (Å²) in [6, 6.07) is 13.1. The predicted molar refractivity (Wildman–Crippen MR) is 163 cm³/mol. The van der Waals surface area contributed by atoms with Crippen LogP contribution in [0.25, 0.3) is 0 Å². The van der Waals surface area contributed by atoms with Crippen LogP contribution in [0.4, 0.5) is 32.3 Å². The third-order valence-corrected chi connectivity index (χ3v) is 6.22. The molecule has 0 fully saturated rings. The van der Waals surface area contributed by atoms with Crippen LogP contribution >= 0.6 is 0 Å². The fraction of sp³-hybridized carbons (Fsp3) is 0.233. The van der Waals surface area contributed by atoms with Gasteiger partial charge in [-0.25, -0.2) is 19.1 Å². The number of rotatable bonds is 10. The molecule has 0 atom stereocenters. The lowest BCUT2D eigenvalue weighted by Gasteiger charge is -2.36. The minimum absolute atomic E-state index is 0.0698. The van der Waals surface area contributed by atoms with Crippen molar-refractivity contribution < 1.29 is 14.0 Å². The van der Waals surface area contributed by atoms with Crippen molar-refractivity contribution >= 4 is 41.3 Å². The number of carbonyl (C=O) groups is 2. The average Bonchev–Trinajstić information content (AvgIpc) is 2.95. The van der Waals surface area contributed by atoms with Gasteiger partial charge in [-0.1, -0.05) is 36.4 Å². The van der Waals surface area contributed by atoms with Gasteiger partial charge in [0.25, 0.3) is 0 Å². The summed E-state index contributed by atoms with van der Waals surface area (Å²) in [5.41, 5.74) is 8.67. The SMILES string of the molecule is CN=C/C(Nc1ncc2c(n1)N(c1cc(NC(=O)/C=C/CN(C)C)ccc1F)C(=O)N(Cc1ccccc1)C2)=C(/C)N. The summed E-state index contributed by atoms with van der Waals surface area (Å²) >= 11 is 0. The molecule has 11 nitrogen and oxygen atoms in total. The molecule has 1 aliphatic rings. The highest BCUT2D eigenvalue weighted by Crippen LogP contribution is 2.37. The number of likely N-dealkylation sites (N-methyl/N-ethyl adjacent to an activating group) is 1. The fourth-order valence-electron chi connectivity index (χ4n) is 4.21. The van der Waals surface area contributed by atoms with Crippen molar-refractivity contribution in [3.05, 3.63) is 95.2 Å². The van der Waals surface area contributed by atoms with Gasteiger partial charge in [0, 0.05) is 55.6 Å². The highest BCUT2D eigenvalue weighted by molar-refractivity contribution is 6.03. The van der Waals surface area contributed by atoms with E-state index in [-0.39, 0.29) is 36.5 Å². The maximum absolute atomic E-state index is 15.5. The Kier molecular flexibility index (Phi) is 9.61. The molecule has 0 saturated heterocycles. The van der Waals surface area contributed by atoms with E-state index < -0.39 is 11.8 Å². The summed E-state index contributed by atoms with van der Waals surface area (Å²) < 4.78 is 15.5. The summed E-state index contributed by atoms with van der Waals surface area (Å²) in [7, 11) is 5.38. The number of nitrogens with zero attached hydrogens (tertiary/aromatic N) is 6. The summed E-state index contributed by atoms with van der Waals surface area (Å²) in [4.78, 5) is 44.2. The average molecular weight is 572 g/mol. The zero-order chi connectivity index (χ0) is 30.2. The molecule has 3 aromatic rings. The molecule has 4 rings (SSSR count). The van der Waals surface area contributed by atoms with Crippen molar-refractivity contribution in [2.75, 3.05) is 43.2 Å².